The van der Waals surface area contributed by atoms with Crippen LogP contribution in [0, 0.1) is 6.92 Å². The number of hydrogen-bond acceptors (Lipinski definition) is 1. The SMILES string of the molecule is Cc1cc2ccsc2n1C. The molecule has 2 aromatic rings. The van der Waals surface area contributed by atoms with Crippen LogP contribution >= 0.6 is 11.3 Å². The minimum absolute atomic E-state index is 1.34. The van der Waals surface area contributed by atoms with E-state index in [-0.39, 0.29) is 0 Å². The molecule has 0 N–H and O–H groups in total. The van der Waals surface area contributed by atoms with Crippen molar-refractivity contribution in [3.8, 4) is 0 Å². The maximum absolute atomic E-state index is 2.22. The van der Waals surface area contributed by atoms with Crippen LogP contribution in [-0.2, 0) is 7.05 Å². The second-order valence-electron chi connectivity index (χ2n) is 2.53. The molecule has 2 heteroatoms. The molecule has 0 saturated carbocycles. The number of aryl methyl sites for hydroxylation is 2. The number of fused-ring (bicyclic) bond motifs is 1. The molecule has 0 amide bonds. The van der Waals surface area contributed by atoms with Crippen LogP contribution in [0.3, 0.4) is 0 Å². The quantitative estimate of drug-likeness (QED) is 0.545. The molecule has 0 radical (unpaired) electrons. The topological polar surface area (TPSA) is 4.93 Å². The van der Waals surface area contributed by atoms with Gasteiger partial charge in [-0.05, 0) is 24.4 Å². The Bertz CT molecular complexity index is 356. The highest BCUT2D eigenvalue weighted by Crippen LogP contribution is 2.23. The summed E-state index contributed by atoms with van der Waals surface area (Å²) in [6, 6.07) is 4.37. The molecule has 0 spiro atoms. The van der Waals surface area contributed by atoms with Crippen LogP contribution in [0.25, 0.3) is 10.2 Å². The second-order valence-corrected chi connectivity index (χ2v) is 3.42. The van der Waals surface area contributed by atoms with E-state index in [2.05, 4.69) is 36.1 Å². The van der Waals surface area contributed by atoms with Gasteiger partial charge < -0.3 is 4.57 Å². The predicted octanol–water partition coefficient (Wildman–Crippen LogP) is 2.55. The van der Waals surface area contributed by atoms with Crippen LogP contribution in [-0.4, -0.2) is 4.57 Å². The lowest BCUT2D eigenvalue weighted by Gasteiger charge is -1.93. The van der Waals surface area contributed by atoms with Crippen LogP contribution in [0.1, 0.15) is 5.69 Å². The second kappa shape index (κ2) is 1.86. The predicted molar refractivity (Wildman–Crippen MR) is 45.5 cm³/mol. The summed E-state index contributed by atoms with van der Waals surface area (Å²) in [5, 5.41) is 3.49. The van der Waals surface area contributed by atoms with Crippen LogP contribution in [0.2, 0.25) is 0 Å². The van der Waals surface area contributed by atoms with E-state index in [9.17, 15) is 0 Å². The van der Waals surface area contributed by atoms with Crippen LogP contribution in [0.4, 0.5) is 0 Å². The average molecular weight is 151 g/mol. The minimum atomic E-state index is 1.34. The van der Waals surface area contributed by atoms with Gasteiger partial charge in [0.1, 0.15) is 4.83 Å². The zero-order chi connectivity index (χ0) is 7.14. The first-order valence-corrected chi connectivity index (χ1v) is 4.16. The van der Waals surface area contributed by atoms with Crippen molar-refractivity contribution in [1.29, 1.82) is 0 Å². The van der Waals surface area contributed by atoms with Gasteiger partial charge in [0.25, 0.3) is 0 Å². The summed E-state index contributed by atoms with van der Waals surface area (Å²) in [6.07, 6.45) is 0. The molecule has 2 aromatic heterocycles. The van der Waals surface area contributed by atoms with Gasteiger partial charge in [0, 0.05) is 18.1 Å². The van der Waals surface area contributed by atoms with E-state index in [4.69, 9.17) is 0 Å². The first-order valence-electron chi connectivity index (χ1n) is 3.28. The zero-order valence-electron chi connectivity index (χ0n) is 6.09. The maximum atomic E-state index is 2.22. The fraction of sp³-hybridized carbons (Fsp3) is 0.250. The third kappa shape index (κ3) is 0.625. The summed E-state index contributed by atoms with van der Waals surface area (Å²) in [5.41, 5.74) is 1.34. The van der Waals surface area contributed by atoms with Gasteiger partial charge in [-0.1, -0.05) is 0 Å². The van der Waals surface area contributed by atoms with Crippen LogP contribution < -0.4 is 0 Å². The molecule has 1 nitrogen and oxygen atoms in total. The van der Waals surface area contributed by atoms with Crippen molar-refractivity contribution >= 4 is 21.6 Å². The highest BCUT2D eigenvalue weighted by molar-refractivity contribution is 7.16. The van der Waals surface area contributed by atoms with Gasteiger partial charge in [0.15, 0.2) is 0 Å². The van der Waals surface area contributed by atoms with Crippen molar-refractivity contribution < 1.29 is 0 Å². The number of nitrogens with zero attached hydrogens (tertiary/aromatic N) is 1. The van der Waals surface area contributed by atoms with Crippen molar-refractivity contribution in [3.63, 3.8) is 0 Å². The van der Waals surface area contributed by atoms with Gasteiger partial charge in [-0.2, -0.15) is 0 Å². The smallest absolute Gasteiger partial charge is 0.102 e. The largest absolute Gasteiger partial charge is 0.340 e. The Morgan fingerprint density at radius 2 is 2.30 bits per heavy atom. The standard InChI is InChI=1S/C8H9NS/c1-6-5-7-3-4-10-8(7)9(6)2/h3-5H,1-2H3. The Balaban J connectivity index is 2.95. The van der Waals surface area contributed by atoms with E-state index in [1.165, 1.54) is 15.9 Å². The van der Waals surface area contributed by atoms with Crippen molar-refractivity contribution in [2.24, 2.45) is 7.05 Å². The van der Waals surface area contributed by atoms with E-state index in [0.29, 0.717) is 0 Å². The molecule has 0 aliphatic heterocycles. The van der Waals surface area contributed by atoms with E-state index in [1.807, 2.05) is 0 Å². The van der Waals surface area contributed by atoms with Crippen molar-refractivity contribution in [3.05, 3.63) is 23.2 Å². The van der Waals surface area contributed by atoms with Gasteiger partial charge in [-0.3, -0.25) is 0 Å². The molecule has 0 unspecified atom stereocenters. The molecule has 0 saturated heterocycles. The summed E-state index contributed by atoms with van der Waals surface area (Å²) < 4.78 is 2.22. The van der Waals surface area contributed by atoms with Crippen LogP contribution in [0.15, 0.2) is 17.5 Å². The van der Waals surface area contributed by atoms with E-state index >= 15 is 0 Å². The zero-order valence-corrected chi connectivity index (χ0v) is 6.90. The third-order valence-electron chi connectivity index (χ3n) is 1.87. The molecule has 0 aliphatic rings. The lowest BCUT2D eigenvalue weighted by Crippen LogP contribution is -1.86. The Kier molecular flexibility index (Phi) is 1.11. The molecule has 52 valence electrons. The first kappa shape index (κ1) is 5.98. The molecule has 2 heterocycles. The summed E-state index contributed by atoms with van der Waals surface area (Å²) in [4.78, 5) is 1.37. The van der Waals surface area contributed by atoms with Crippen molar-refractivity contribution in [2.45, 2.75) is 6.92 Å². The molecule has 0 aromatic carbocycles. The molecule has 0 bridgehead atoms. The lowest BCUT2D eigenvalue weighted by atomic mass is 10.4. The maximum Gasteiger partial charge on any atom is 0.102 e. The molecule has 0 atom stereocenters. The Morgan fingerprint density at radius 1 is 1.50 bits per heavy atom. The first-order chi connectivity index (χ1) is 4.79. The average Bonchev–Trinajstić information content (AvgIpc) is 2.41. The molecular weight excluding hydrogens is 142 g/mol. The summed E-state index contributed by atoms with van der Waals surface area (Å²) in [6.45, 7) is 2.13. The van der Waals surface area contributed by atoms with E-state index < -0.39 is 0 Å². The Labute approximate surface area is 63.9 Å². The minimum Gasteiger partial charge on any atom is -0.340 e. The lowest BCUT2D eigenvalue weighted by molar-refractivity contribution is 0.925. The van der Waals surface area contributed by atoms with Gasteiger partial charge in [0.2, 0.25) is 0 Å². The Morgan fingerprint density at radius 3 is 3.00 bits per heavy atom. The number of hydrogen-bond donors (Lipinski definition) is 0. The summed E-state index contributed by atoms with van der Waals surface area (Å²) in [5.74, 6) is 0. The van der Waals surface area contributed by atoms with Gasteiger partial charge in [-0.25, -0.2) is 0 Å². The number of aromatic nitrogens is 1. The van der Waals surface area contributed by atoms with Gasteiger partial charge in [-0.15, -0.1) is 11.3 Å². The van der Waals surface area contributed by atoms with Gasteiger partial charge in [0.05, 0.1) is 0 Å². The molecule has 2 rings (SSSR count). The third-order valence-corrected chi connectivity index (χ3v) is 2.88. The van der Waals surface area contributed by atoms with Gasteiger partial charge >= 0.3 is 0 Å². The highest BCUT2D eigenvalue weighted by Gasteiger charge is 2.00. The molecule has 10 heavy (non-hydrogen) atoms. The fourth-order valence-corrected chi connectivity index (χ4v) is 2.08. The number of thiophene rings is 1. The van der Waals surface area contributed by atoms with Crippen molar-refractivity contribution in [2.75, 3.05) is 0 Å². The fourth-order valence-electron chi connectivity index (χ4n) is 1.18. The normalized spacial score (nSPS) is 11.0. The Hall–Kier alpha value is -0.760. The molecular formula is C8H9NS. The van der Waals surface area contributed by atoms with Crippen molar-refractivity contribution in [1.82, 2.24) is 4.57 Å². The monoisotopic (exact) mass is 151 g/mol. The van der Waals surface area contributed by atoms with Crippen LogP contribution in [0.5, 0.6) is 0 Å². The van der Waals surface area contributed by atoms with E-state index in [0.717, 1.165) is 0 Å². The summed E-state index contributed by atoms with van der Waals surface area (Å²) >= 11 is 1.80. The molecule has 0 aliphatic carbocycles. The number of rotatable bonds is 0. The summed E-state index contributed by atoms with van der Waals surface area (Å²) in [7, 11) is 2.11. The highest BCUT2D eigenvalue weighted by atomic mass is 32.1. The van der Waals surface area contributed by atoms with E-state index in [1.54, 1.807) is 11.3 Å². The molecule has 0 fully saturated rings.